The van der Waals surface area contributed by atoms with Crippen LogP contribution in [-0.2, 0) is 0 Å². The van der Waals surface area contributed by atoms with Crippen molar-refractivity contribution in [3.63, 3.8) is 0 Å². The lowest BCUT2D eigenvalue weighted by molar-refractivity contribution is -0.384. The predicted molar refractivity (Wildman–Crippen MR) is 94.4 cm³/mol. The molecule has 0 saturated heterocycles. The van der Waals surface area contributed by atoms with Gasteiger partial charge < -0.3 is 14.8 Å². The third-order valence-electron chi connectivity index (χ3n) is 3.20. The van der Waals surface area contributed by atoms with Gasteiger partial charge in [-0.3, -0.25) is 14.9 Å². The topological polar surface area (TPSA) is 90.7 Å². The Hall–Kier alpha value is -3.35. The molecule has 0 saturated carbocycles. The van der Waals surface area contributed by atoms with Gasteiger partial charge in [0.25, 0.3) is 11.6 Å². The van der Waals surface area contributed by atoms with E-state index in [2.05, 4.69) is 11.9 Å². The first-order valence-electron chi connectivity index (χ1n) is 7.61. The standard InChI is InChI=1S/C18H18N2O5/c1-3-11-25-16-10-5-13(12-17(16)24-4-2)18(21)19-14-6-8-15(9-7-14)20(22)23/h3,5-10,12H,1,4,11H2,2H3,(H,19,21). The molecule has 0 aromatic heterocycles. The molecule has 0 aliphatic heterocycles. The Bertz CT molecular complexity index is 772. The first-order valence-corrected chi connectivity index (χ1v) is 7.61. The van der Waals surface area contributed by atoms with Crippen LogP contribution in [0, 0.1) is 10.1 Å². The summed E-state index contributed by atoms with van der Waals surface area (Å²) < 4.78 is 11.0. The Morgan fingerprint density at radius 3 is 2.52 bits per heavy atom. The van der Waals surface area contributed by atoms with E-state index in [1.807, 2.05) is 6.92 Å². The van der Waals surface area contributed by atoms with Gasteiger partial charge in [0, 0.05) is 23.4 Å². The van der Waals surface area contributed by atoms with Gasteiger partial charge in [-0.1, -0.05) is 12.7 Å². The minimum Gasteiger partial charge on any atom is -0.490 e. The van der Waals surface area contributed by atoms with Gasteiger partial charge in [-0.15, -0.1) is 0 Å². The van der Waals surface area contributed by atoms with Gasteiger partial charge in [-0.25, -0.2) is 0 Å². The summed E-state index contributed by atoms with van der Waals surface area (Å²) in [7, 11) is 0. The maximum absolute atomic E-state index is 12.4. The lowest BCUT2D eigenvalue weighted by Gasteiger charge is -2.12. The highest BCUT2D eigenvalue weighted by molar-refractivity contribution is 6.04. The molecule has 1 amide bonds. The summed E-state index contributed by atoms with van der Waals surface area (Å²) in [5.41, 5.74) is 0.800. The van der Waals surface area contributed by atoms with E-state index in [-0.39, 0.29) is 11.6 Å². The number of ether oxygens (including phenoxy) is 2. The minimum atomic E-state index is -0.498. The smallest absolute Gasteiger partial charge is 0.269 e. The molecule has 2 aromatic carbocycles. The summed E-state index contributed by atoms with van der Waals surface area (Å²) in [5, 5.41) is 13.3. The number of carbonyl (C=O) groups excluding carboxylic acids is 1. The SMILES string of the molecule is C=CCOc1ccc(C(=O)Nc2ccc([N+](=O)[O-])cc2)cc1OCC. The summed E-state index contributed by atoms with van der Waals surface area (Å²) in [6, 6.07) is 10.5. The zero-order valence-corrected chi connectivity index (χ0v) is 13.7. The molecule has 0 fully saturated rings. The van der Waals surface area contributed by atoms with E-state index >= 15 is 0 Å². The number of carbonyl (C=O) groups is 1. The molecule has 0 aliphatic carbocycles. The number of nitrogens with zero attached hydrogens (tertiary/aromatic N) is 1. The van der Waals surface area contributed by atoms with Crippen LogP contribution in [0.15, 0.2) is 55.1 Å². The van der Waals surface area contributed by atoms with E-state index in [0.29, 0.717) is 36.0 Å². The number of hydrogen-bond acceptors (Lipinski definition) is 5. The second kappa shape index (κ2) is 8.49. The summed E-state index contributed by atoms with van der Waals surface area (Å²) in [5.74, 6) is 0.624. The number of non-ortho nitro benzene ring substituents is 1. The first-order chi connectivity index (χ1) is 12.0. The van der Waals surface area contributed by atoms with Crippen LogP contribution in [0.25, 0.3) is 0 Å². The summed E-state index contributed by atoms with van der Waals surface area (Å²) in [6.07, 6.45) is 1.62. The first kappa shape index (κ1) is 18.0. The molecule has 1 N–H and O–H groups in total. The van der Waals surface area contributed by atoms with Gasteiger partial charge in [-0.05, 0) is 37.3 Å². The molecule has 7 nitrogen and oxygen atoms in total. The van der Waals surface area contributed by atoms with E-state index in [4.69, 9.17) is 9.47 Å². The zero-order valence-electron chi connectivity index (χ0n) is 13.7. The molecule has 2 rings (SSSR count). The number of nitrogens with one attached hydrogen (secondary N) is 1. The largest absolute Gasteiger partial charge is 0.490 e. The number of nitro benzene ring substituents is 1. The molecule has 2 aromatic rings. The Morgan fingerprint density at radius 1 is 1.20 bits per heavy atom. The zero-order chi connectivity index (χ0) is 18.2. The van der Waals surface area contributed by atoms with E-state index in [0.717, 1.165) is 0 Å². The van der Waals surface area contributed by atoms with Crippen molar-refractivity contribution in [1.29, 1.82) is 0 Å². The second-order valence-electron chi connectivity index (χ2n) is 4.95. The lowest BCUT2D eigenvalue weighted by Crippen LogP contribution is -2.12. The molecule has 0 heterocycles. The van der Waals surface area contributed by atoms with Gasteiger partial charge in [0.15, 0.2) is 11.5 Å². The van der Waals surface area contributed by atoms with Gasteiger partial charge in [-0.2, -0.15) is 0 Å². The molecular formula is C18H18N2O5. The van der Waals surface area contributed by atoms with E-state index in [1.54, 1.807) is 24.3 Å². The average molecular weight is 342 g/mol. The van der Waals surface area contributed by atoms with Gasteiger partial charge in [0.05, 0.1) is 11.5 Å². The molecule has 130 valence electrons. The van der Waals surface area contributed by atoms with Gasteiger partial charge in [0.1, 0.15) is 6.61 Å². The number of nitro groups is 1. The van der Waals surface area contributed by atoms with Crippen molar-refractivity contribution in [2.75, 3.05) is 18.5 Å². The van der Waals surface area contributed by atoms with Crippen molar-refractivity contribution < 1.29 is 19.2 Å². The Morgan fingerprint density at radius 2 is 1.92 bits per heavy atom. The molecule has 7 heteroatoms. The molecule has 0 radical (unpaired) electrons. The van der Waals surface area contributed by atoms with Crippen molar-refractivity contribution in [2.24, 2.45) is 0 Å². The van der Waals surface area contributed by atoms with E-state index in [9.17, 15) is 14.9 Å². The summed E-state index contributed by atoms with van der Waals surface area (Å²) >= 11 is 0. The lowest BCUT2D eigenvalue weighted by atomic mass is 10.1. The Kier molecular flexibility index (Phi) is 6.11. The molecule has 0 bridgehead atoms. The van der Waals surface area contributed by atoms with Crippen molar-refractivity contribution >= 4 is 17.3 Å². The monoisotopic (exact) mass is 342 g/mol. The van der Waals surface area contributed by atoms with E-state index in [1.165, 1.54) is 24.3 Å². The van der Waals surface area contributed by atoms with Crippen LogP contribution >= 0.6 is 0 Å². The highest BCUT2D eigenvalue weighted by Gasteiger charge is 2.12. The van der Waals surface area contributed by atoms with Crippen LogP contribution in [0.1, 0.15) is 17.3 Å². The number of anilines is 1. The fraction of sp³-hybridized carbons (Fsp3) is 0.167. The van der Waals surface area contributed by atoms with Crippen molar-refractivity contribution in [3.8, 4) is 11.5 Å². The minimum absolute atomic E-state index is 0.0413. The van der Waals surface area contributed by atoms with Crippen LogP contribution < -0.4 is 14.8 Å². The van der Waals surface area contributed by atoms with Crippen molar-refractivity contribution in [2.45, 2.75) is 6.92 Å². The van der Waals surface area contributed by atoms with Crippen LogP contribution in [-0.4, -0.2) is 24.0 Å². The third-order valence-corrected chi connectivity index (χ3v) is 3.20. The summed E-state index contributed by atoms with van der Waals surface area (Å²) in [4.78, 5) is 22.5. The third kappa shape index (κ3) is 4.81. The number of benzene rings is 2. The number of rotatable bonds is 8. The molecular weight excluding hydrogens is 324 g/mol. The quantitative estimate of drug-likeness (QED) is 0.447. The van der Waals surface area contributed by atoms with E-state index < -0.39 is 4.92 Å². The van der Waals surface area contributed by atoms with Crippen LogP contribution in [0.5, 0.6) is 11.5 Å². The number of amides is 1. The van der Waals surface area contributed by atoms with Gasteiger partial charge >= 0.3 is 0 Å². The normalized spacial score (nSPS) is 9.96. The van der Waals surface area contributed by atoms with Gasteiger partial charge in [0.2, 0.25) is 0 Å². The van der Waals surface area contributed by atoms with Crippen molar-refractivity contribution in [3.05, 3.63) is 70.8 Å². The highest BCUT2D eigenvalue weighted by Crippen LogP contribution is 2.29. The molecule has 25 heavy (non-hydrogen) atoms. The second-order valence-corrected chi connectivity index (χ2v) is 4.95. The Labute approximate surface area is 145 Å². The molecule has 0 spiro atoms. The highest BCUT2D eigenvalue weighted by atomic mass is 16.6. The maximum Gasteiger partial charge on any atom is 0.269 e. The summed E-state index contributed by atoms with van der Waals surface area (Å²) in [6.45, 7) is 6.18. The van der Waals surface area contributed by atoms with Crippen LogP contribution in [0.3, 0.4) is 0 Å². The fourth-order valence-corrected chi connectivity index (χ4v) is 2.06. The average Bonchev–Trinajstić information content (AvgIpc) is 2.61. The maximum atomic E-state index is 12.4. The van der Waals surface area contributed by atoms with Crippen LogP contribution in [0.2, 0.25) is 0 Å². The predicted octanol–water partition coefficient (Wildman–Crippen LogP) is 3.81. The van der Waals surface area contributed by atoms with Crippen LogP contribution in [0.4, 0.5) is 11.4 Å². The molecule has 0 atom stereocenters. The van der Waals surface area contributed by atoms with Crippen molar-refractivity contribution in [1.82, 2.24) is 0 Å². The molecule has 0 aliphatic rings. The number of hydrogen-bond donors (Lipinski definition) is 1. The Balaban J connectivity index is 2.16. The fourth-order valence-electron chi connectivity index (χ4n) is 2.06. The molecule has 0 unspecified atom stereocenters.